The van der Waals surface area contributed by atoms with Gasteiger partial charge in [0.05, 0.1) is 32.9 Å². The molecular weight excluding hydrogens is 222 g/mol. The molecule has 17 heavy (non-hydrogen) atoms. The van der Waals surface area contributed by atoms with Crippen LogP contribution >= 0.6 is 0 Å². The van der Waals surface area contributed by atoms with Gasteiger partial charge in [-0.1, -0.05) is 0 Å². The Labute approximate surface area is 100 Å². The molecule has 0 aliphatic rings. The van der Waals surface area contributed by atoms with Crippen molar-refractivity contribution in [2.75, 3.05) is 21.3 Å². The molecule has 0 aliphatic carbocycles. The molecule has 0 spiro atoms. The number of hydrogen-bond donors (Lipinski definition) is 0. The number of methoxy groups -OCH3 is 3. The molecule has 1 aromatic rings. The maximum Gasteiger partial charge on any atom is 0.235 e. The average Bonchev–Trinajstić information content (AvgIpc) is 2.36. The summed E-state index contributed by atoms with van der Waals surface area (Å²) in [5, 5.41) is 0. The van der Waals surface area contributed by atoms with E-state index in [0.29, 0.717) is 18.1 Å². The van der Waals surface area contributed by atoms with E-state index in [0.717, 1.165) is 11.1 Å². The van der Waals surface area contributed by atoms with Crippen LogP contribution < -0.4 is 9.47 Å². The Bertz CT molecular complexity index is 425. The highest BCUT2D eigenvalue weighted by molar-refractivity contribution is 5.50. The first-order chi connectivity index (χ1) is 8.28. The molecule has 0 fully saturated rings. The number of aliphatic imine (C=N–C) groups is 1. The molecule has 1 rings (SSSR count). The molecule has 5 nitrogen and oxygen atoms in total. The number of ether oxygens (including phenoxy) is 3. The van der Waals surface area contributed by atoms with Gasteiger partial charge >= 0.3 is 0 Å². The highest BCUT2D eigenvalue weighted by Crippen LogP contribution is 2.33. The van der Waals surface area contributed by atoms with E-state index in [2.05, 4.69) is 4.99 Å². The predicted molar refractivity (Wildman–Crippen MR) is 62.1 cm³/mol. The highest BCUT2D eigenvalue weighted by Gasteiger charge is 2.14. The lowest BCUT2D eigenvalue weighted by atomic mass is 10.1. The Kier molecular flexibility index (Phi) is 5.20. The van der Waals surface area contributed by atoms with Gasteiger partial charge in [0.15, 0.2) is 0 Å². The van der Waals surface area contributed by atoms with Crippen LogP contribution in [-0.2, 0) is 22.7 Å². The smallest absolute Gasteiger partial charge is 0.235 e. The Hall–Kier alpha value is -1.84. The molecule has 0 saturated carbocycles. The number of benzene rings is 1. The summed E-state index contributed by atoms with van der Waals surface area (Å²) in [6.07, 6.45) is 1.50. The first-order valence-electron chi connectivity index (χ1n) is 5.03. The van der Waals surface area contributed by atoms with Crippen molar-refractivity contribution in [1.29, 1.82) is 0 Å². The predicted octanol–water partition coefficient (Wildman–Crippen LogP) is 1.69. The van der Waals surface area contributed by atoms with Gasteiger partial charge in [-0.2, -0.15) is 0 Å². The van der Waals surface area contributed by atoms with Gasteiger partial charge in [0.1, 0.15) is 11.5 Å². The van der Waals surface area contributed by atoms with E-state index in [1.165, 1.54) is 6.08 Å². The van der Waals surface area contributed by atoms with Crippen molar-refractivity contribution in [1.82, 2.24) is 0 Å². The number of isocyanates is 1. The van der Waals surface area contributed by atoms with Gasteiger partial charge in [0.25, 0.3) is 0 Å². The van der Waals surface area contributed by atoms with Crippen LogP contribution in [0.1, 0.15) is 11.1 Å². The van der Waals surface area contributed by atoms with Crippen LogP contribution in [0.25, 0.3) is 0 Å². The molecule has 0 radical (unpaired) electrons. The molecule has 0 unspecified atom stereocenters. The molecule has 0 saturated heterocycles. The quantitative estimate of drug-likeness (QED) is 0.558. The van der Waals surface area contributed by atoms with Crippen LogP contribution in [0.4, 0.5) is 0 Å². The summed E-state index contributed by atoms with van der Waals surface area (Å²) in [6, 6.07) is 3.60. The van der Waals surface area contributed by atoms with Crippen molar-refractivity contribution in [3.8, 4) is 11.5 Å². The summed E-state index contributed by atoms with van der Waals surface area (Å²) in [5.41, 5.74) is 1.60. The zero-order valence-corrected chi connectivity index (χ0v) is 10.1. The fourth-order valence-electron chi connectivity index (χ4n) is 1.63. The molecule has 0 bridgehead atoms. The van der Waals surface area contributed by atoms with E-state index in [-0.39, 0.29) is 6.54 Å². The Morgan fingerprint density at radius 3 is 2.53 bits per heavy atom. The Morgan fingerprint density at radius 1 is 1.24 bits per heavy atom. The zero-order chi connectivity index (χ0) is 12.7. The topological polar surface area (TPSA) is 57.1 Å². The molecule has 5 heteroatoms. The van der Waals surface area contributed by atoms with Crippen LogP contribution in [0.5, 0.6) is 11.5 Å². The maximum atomic E-state index is 10.1. The van der Waals surface area contributed by atoms with Gasteiger partial charge in [0.2, 0.25) is 6.08 Å². The van der Waals surface area contributed by atoms with Crippen LogP contribution in [0.2, 0.25) is 0 Å². The van der Waals surface area contributed by atoms with Crippen molar-refractivity contribution >= 4 is 6.08 Å². The first kappa shape index (κ1) is 13.2. The van der Waals surface area contributed by atoms with Crippen molar-refractivity contribution in [2.24, 2.45) is 4.99 Å². The fraction of sp³-hybridized carbons (Fsp3) is 0.417. The van der Waals surface area contributed by atoms with Gasteiger partial charge in [-0.15, -0.1) is 0 Å². The third kappa shape index (κ3) is 3.06. The van der Waals surface area contributed by atoms with Crippen LogP contribution in [-0.4, -0.2) is 27.4 Å². The second-order valence-corrected chi connectivity index (χ2v) is 3.28. The van der Waals surface area contributed by atoms with Crippen molar-refractivity contribution in [3.05, 3.63) is 23.3 Å². The third-order valence-corrected chi connectivity index (χ3v) is 2.33. The van der Waals surface area contributed by atoms with E-state index in [1.54, 1.807) is 33.5 Å². The monoisotopic (exact) mass is 237 g/mol. The lowest BCUT2D eigenvalue weighted by Gasteiger charge is -2.15. The second-order valence-electron chi connectivity index (χ2n) is 3.28. The van der Waals surface area contributed by atoms with Crippen molar-refractivity contribution < 1.29 is 19.0 Å². The maximum absolute atomic E-state index is 10.1. The molecule has 0 amide bonds. The van der Waals surface area contributed by atoms with Crippen LogP contribution in [0.3, 0.4) is 0 Å². The van der Waals surface area contributed by atoms with Gasteiger partial charge in [-0.3, -0.25) is 0 Å². The first-order valence-corrected chi connectivity index (χ1v) is 5.03. The number of hydrogen-bond acceptors (Lipinski definition) is 5. The second kappa shape index (κ2) is 6.68. The van der Waals surface area contributed by atoms with Crippen LogP contribution in [0.15, 0.2) is 17.1 Å². The minimum atomic E-state index is 0.230. The summed E-state index contributed by atoms with van der Waals surface area (Å²) >= 11 is 0. The molecule has 0 aliphatic heterocycles. The van der Waals surface area contributed by atoms with Gasteiger partial charge in [0, 0.05) is 12.7 Å². The standard InChI is InChI=1S/C12H15NO4/c1-15-7-10-11(16-2)5-4-9(6-13-8-14)12(10)17-3/h4-5H,6-7H2,1-3H3. The highest BCUT2D eigenvalue weighted by atomic mass is 16.5. The van der Waals surface area contributed by atoms with Gasteiger partial charge in [-0.25, -0.2) is 9.79 Å². The van der Waals surface area contributed by atoms with Crippen LogP contribution in [0, 0.1) is 0 Å². The molecule has 0 aromatic heterocycles. The van der Waals surface area contributed by atoms with Gasteiger partial charge in [-0.05, 0) is 12.1 Å². The molecule has 0 atom stereocenters. The molecule has 1 aromatic carbocycles. The van der Waals surface area contributed by atoms with Gasteiger partial charge < -0.3 is 14.2 Å². The number of nitrogens with zero attached hydrogens (tertiary/aromatic N) is 1. The average molecular weight is 237 g/mol. The zero-order valence-electron chi connectivity index (χ0n) is 10.1. The molecular formula is C12H15NO4. The van der Waals surface area contributed by atoms with Crippen molar-refractivity contribution in [3.63, 3.8) is 0 Å². The van der Waals surface area contributed by atoms with E-state index in [1.807, 2.05) is 0 Å². The Morgan fingerprint density at radius 2 is 2.00 bits per heavy atom. The normalized spacial score (nSPS) is 9.59. The number of rotatable bonds is 6. The largest absolute Gasteiger partial charge is 0.496 e. The summed E-state index contributed by atoms with van der Waals surface area (Å²) in [4.78, 5) is 13.7. The summed E-state index contributed by atoms with van der Waals surface area (Å²) in [6.45, 7) is 0.596. The van der Waals surface area contributed by atoms with E-state index >= 15 is 0 Å². The lowest BCUT2D eigenvalue weighted by Crippen LogP contribution is -2.01. The summed E-state index contributed by atoms with van der Waals surface area (Å²) in [5.74, 6) is 1.31. The summed E-state index contributed by atoms with van der Waals surface area (Å²) in [7, 11) is 4.73. The fourth-order valence-corrected chi connectivity index (χ4v) is 1.63. The minimum Gasteiger partial charge on any atom is -0.496 e. The minimum absolute atomic E-state index is 0.230. The molecule has 0 N–H and O–H groups in total. The van der Waals surface area contributed by atoms with E-state index in [4.69, 9.17) is 14.2 Å². The SMILES string of the molecule is COCc1c(OC)ccc(CN=C=O)c1OC. The molecule has 0 heterocycles. The number of carbonyl (C=O) groups excluding carboxylic acids is 1. The van der Waals surface area contributed by atoms with E-state index < -0.39 is 0 Å². The lowest BCUT2D eigenvalue weighted by molar-refractivity contribution is 0.178. The van der Waals surface area contributed by atoms with E-state index in [9.17, 15) is 4.79 Å². The summed E-state index contributed by atoms with van der Waals surface area (Å²) < 4.78 is 15.7. The third-order valence-electron chi connectivity index (χ3n) is 2.33. The Balaban J connectivity index is 3.23. The van der Waals surface area contributed by atoms with Crippen molar-refractivity contribution in [2.45, 2.75) is 13.2 Å². The molecule has 92 valence electrons.